The number of hydrogen-bond donors (Lipinski definition) is 1. The Morgan fingerprint density at radius 2 is 1.46 bits per heavy atom. The standard InChI is InChI=1S/C27H33N/c1-7-8-9-10-20(2)21-11-13-22(14-12-21)28-23-15-16-24-25(19-23)27(5,6)18-17-26(24,3)4/h7-16,19,28H,2,17-18H2,1,3-6H3/b8-7-,10-9-. The van der Waals surface area contributed by atoms with Gasteiger partial charge in [0.05, 0.1) is 0 Å². The molecule has 0 bridgehead atoms. The summed E-state index contributed by atoms with van der Waals surface area (Å²) in [6.45, 7) is 15.6. The van der Waals surface area contributed by atoms with E-state index < -0.39 is 0 Å². The lowest BCUT2D eigenvalue weighted by Crippen LogP contribution is -2.33. The lowest BCUT2D eigenvalue weighted by atomic mass is 9.63. The summed E-state index contributed by atoms with van der Waals surface area (Å²) in [4.78, 5) is 0. The monoisotopic (exact) mass is 371 g/mol. The number of hydrogen-bond acceptors (Lipinski definition) is 1. The van der Waals surface area contributed by atoms with Gasteiger partial charge in [-0.3, -0.25) is 0 Å². The van der Waals surface area contributed by atoms with E-state index in [0.29, 0.717) is 0 Å². The van der Waals surface area contributed by atoms with Gasteiger partial charge in [-0.2, -0.15) is 0 Å². The predicted octanol–water partition coefficient (Wildman–Crippen LogP) is 7.92. The molecule has 0 atom stereocenters. The molecule has 0 heterocycles. The summed E-state index contributed by atoms with van der Waals surface area (Å²) in [5, 5.41) is 3.58. The zero-order chi connectivity index (χ0) is 20.4. The number of nitrogens with one attached hydrogen (secondary N) is 1. The predicted molar refractivity (Wildman–Crippen MR) is 124 cm³/mol. The van der Waals surface area contributed by atoms with Crippen molar-refractivity contribution in [3.8, 4) is 0 Å². The maximum Gasteiger partial charge on any atom is 0.0387 e. The molecule has 1 nitrogen and oxygen atoms in total. The number of fused-ring (bicyclic) bond motifs is 1. The van der Waals surface area contributed by atoms with Crippen molar-refractivity contribution in [2.75, 3.05) is 5.32 Å². The molecule has 2 aromatic carbocycles. The van der Waals surface area contributed by atoms with Gasteiger partial charge in [0, 0.05) is 11.4 Å². The summed E-state index contributed by atoms with van der Waals surface area (Å²) in [6.07, 6.45) is 10.6. The minimum Gasteiger partial charge on any atom is -0.356 e. The molecular formula is C27H33N. The molecule has 0 radical (unpaired) electrons. The van der Waals surface area contributed by atoms with Crippen LogP contribution in [0.2, 0.25) is 0 Å². The zero-order valence-electron chi connectivity index (χ0n) is 18.0. The number of anilines is 2. The van der Waals surface area contributed by atoms with Crippen molar-refractivity contribution in [3.63, 3.8) is 0 Å². The highest BCUT2D eigenvalue weighted by Gasteiger charge is 2.36. The number of benzene rings is 2. The fraction of sp³-hybridized carbons (Fsp3) is 0.333. The van der Waals surface area contributed by atoms with E-state index in [0.717, 1.165) is 22.5 Å². The Bertz CT molecular complexity index is 908. The van der Waals surface area contributed by atoms with E-state index in [1.54, 1.807) is 0 Å². The molecule has 1 N–H and O–H groups in total. The molecule has 0 amide bonds. The van der Waals surface area contributed by atoms with E-state index in [1.807, 2.05) is 31.2 Å². The first-order chi connectivity index (χ1) is 13.2. The highest BCUT2D eigenvalue weighted by molar-refractivity contribution is 5.74. The summed E-state index contributed by atoms with van der Waals surface area (Å²) in [5.41, 5.74) is 7.87. The second-order valence-corrected chi connectivity index (χ2v) is 9.14. The highest BCUT2D eigenvalue weighted by Crippen LogP contribution is 2.46. The second-order valence-electron chi connectivity index (χ2n) is 9.14. The third-order valence-electron chi connectivity index (χ3n) is 6.00. The third kappa shape index (κ3) is 4.30. The Balaban J connectivity index is 1.80. The Morgan fingerprint density at radius 1 is 0.857 bits per heavy atom. The molecule has 0 spiro atoms. The smallest absolute Gasteiger partial charge is 0.0387 e. The van der Waals surface area contributed by atoms with Gasteiger partial charge in [0.2, 0.25) is 0 Å². The first-order valence-corrected chi connectivity index (χ1v) is 10.2. The first-order valence-electron chi connectivity index (χ1n) is 10.2. The lowest BCUT2D eigenvalue weighted by molar-refractivity contribution is 0.332. The molecule has 2 aromatic rings. The van der Waals surface area contributed by atoms with E-state index in [-0.39, 0.29) is 10.8 Å². The van der Waals surface area contributed by atoms with Gasteiger partial charge in [-0.15, -0.1) is 0 Å². The molecule has 1 aliphatic rings. The molecule has 0 aliphatic heterocycles. The topological polar surface area (TPSA) is 12.0 Å². The molecule has 0 unspecified atom stereocenters. The number of rotatable bonds is 5. The Hall–Kier alpha value is -2.54. The van der Waals surface area contributed by atoms with E-state index in [9.17, 15) is 0 Å². The fourth-order valence-corrected chi connectivity index (χ4v) is 3.98. The van der Waals surface area contributed by atoms with Gasteiger partial charge in [0.25, 0.3) is 0 Å². The molecule has 28 heavy (non-hydrogen) atoms. The fourth-order valence-electron chi connectivity index (χ4n) is 3.98. The summed E-state index contributed by atoms with van der Waals surface area (Å²) in [5.74, 6) is 0. The van der Waals surface area contributed by atoms with E-state index in [1.165, 1.54) is 24.0 Å². The van der Waals surface area contributed by atoms with Crippen LogP contribution in [0.25, 0.3) is 5.57 Å². The minimum absolute atomic E-state index is 0.226. The maximum absolute atomic E-state index is 4.15. The lowest BCUT2D eigenvalue weighted by Gasteiger charge is -2.42. The molecule has 0 saturated heterocycles. The van der Waals surface area contributed by atoms with Crippen molar-refractivity contribution in [1.29, 1.82) is 0 Å². The van der Waals surface area contributed by atoms with Gasteiger partial charge in [-0.25, -0.2) is 0 Å². The van der Waals surface area contributed by atoms with Crippen molar-refractivity contribution in [2.24, 2.45) is 0 Å². The first kappa shape index (κ1) is 20.2. The van der Waals surface area contributed by atoms with Crippen LogP contribution in [-0.4, -0.2) is 0 Å². The van der Waals surface area contributed by atoms with Crippen LogP contribution in [0, 0.1) is 0 Å². The molecule has 1 heteroatoms. The van der Waals surface area contributed by atoms with Crippen LogP contribution in [0.1, 0.15) is 64.2 Å². The summed E-state index contributed by atoms with van der Waals surface area (Å²) in [7, 11) is 0. The van der Waals surface area contributed by atoms with Crippen LogP contribution < -0.4 is 5.32 Å². The zero-order valence-corrected chi connectivity index (χ0v) is 18.0. The number of allylic oxidation sites excluding steroid dienone is 5. The van der Waals surface area contributed by atoms with Crippen molar-refractivity contribution in [1.82, 2.24) is 0 Å². The molecule has 0 saturated carbocycles. The minimum atomic E-state index is 0.226. The van der Waals surface area contributed by atoms with Gasteiger partial charge in [0.1, 0.15) is 0 Å². The van der Waals surface area contributed by atoms with Crippen molar-refractivity contribution in [2.45, 2.75) is 58.3 Å². The quantitative estimate of drug-likeness (QED) is 0.526. The third-order valence-corrected chi connectivity index (χ3v) is 6.00. The molecular weight excluding hydrogens is 338 g/mol. The summed E-state index contributed by atoms with van der Waals surface area (Å²) >= 11 is 0. The highest BCUT2D eigenvalue weighted by atomic mass is 14.9. The average Bonchev–Trinajstić information content (AvgIpc) is 2.66. The van der Waals surface area contributed by atoms with Gasteiger partial charge in [-0.1, -0.05) is 76.8 Å². The molecule has 146 valence electrons. The summed E-state index contributed by atoms with van der Waals surface area (Å²) < 4.78 is 0. The Morgan fingerprint density at radius 3 is 2.11 bits per heavy atom. The van der Waals surface area contributed by atoms with Gasteiger partial charge >= 0.3 is 0 Å². The second kappa shape index (κ2) is 7.83. The SMILES string of the molecule is C=C(/C=C\C=C/C)c1ccc(Nc2ccc3c(c2)C(C)(C)CCC3(C)C)cc1. The summed E-state index contributed by atoms with van der Waals surface area (Å²) in [6, 6.07) is 15.4. The van der Waals surface area contributed by atoms with Crippen LogP contribution >= 0.6 is 0 Å². The molecule has 1 aliphatic carbocycles. The van der Waals surface area contributed by atoms with E-state index >= 15 is 0 Å². The molecule has 0 fully saturated rings. The van der Waals surface area contributed by atoms with Gasteiger partial charge in [0.15, 0.2) is 0 Å². The van der Waals surface area contributed by atoms with Crippen LogP contribution in [0.5, 0.6) is 0 Å². The molecule has 3 rings (SSSR count). The average molecular weight is 372 g/mol. The Labute approximate surface area is 170 Å². The van der Waals surface area contributed by atoms with E-state index in [2.05, 4.69) is 82.1 Å². The largest absolute Gasteiger partial charge is 0.356 e. The van der Waals surface area contributed by atoms with Crippen LogP contribution in [-0.2, 0) is 10.8 Å². The maximum atomic E-state index is 4.15. The van der Waals surface area contributed by atoms with Crippen LogP contribution in [0.4, 0.5) is 11.4 Å². The van der Waals surface area contributed by atoms with Gasteiger partial charge in [-0.05, 0) is 77.1 Å². The molecule has 0 aromatic heterocycles. The van der Waals surface area contributed by atoms with Crippen molar-refractivity contribution < 1.29 is 0 Å². The van der Waals surface area contributed by atoms with Crippen LogP contribution in [0.15, 0.2) is 73.3 Å². The Kier molecular flexibility index (Phi) is 5.65. The van der Waals surface area contributed by atoms with Crippen molar-refractivity contribution in [3.05, 3.63) is 90.0 Å². The van der Waals surface area contributed by atoms with Crippen molar-refractivity contribution >= 4 is 16.9 Å². The van der Waals surface area contributed by atoms with E-state index in [4.69, 9.17) is 0 Å². The van der Waals surface area contributed by atoms with Gasteiger partial charge < -0.3 is 5.32 Å². The normalized spacial score (nSPS) is 17.6. The van der Waals surface area contributed by atoms with Crippen LogP contribution in [0.3, 0.4) is 0 Å².